The molecule has 9 N–H and O–H groups in total. The first-order valence-electron chi connectivity index (χ1n) is 24.9. The molecule has 2 unspecified atom stereocenters. The highest BCUT2D eigenvalue weighted by atomic mass is 31.3. The molecular weight excluding hydrogens is 968 g/mol. The van der Waals surface area contributed by atoms with Gasteiger partial charge in [-0.25, -0.2) is 13.9 Å². The monoisotopic (exact) mass is 1050 g/mol. The quantitative estimate of drug-likeness (QED) is 0.0200. The van der Waals surface area contributed by atoms with Crippen LogP contribution >= 0.6 is 15.6 Å². The first-order chi connectivity index (χ1) is 33.9. The molecule has 12 atom stereocenters. The maximum atomic E-state index is 13.3. The molecule has 404 valence electrons. The van der Waals surface area contributed by atoms with Gasteiger partial charge in [-0.2, -0.15) is 9.29 Å². The Kier molecular flexibility index (Phi) is 29.1. The number of esters is 2. The molecule has 2 bridgehead atoms. The molecule has 0 radical (unpaired) electrons. The molecule has 2 aliphatic heterocycles. The number of aliphatic hydroxyl groups excluding tert-OH is 5. The Bertz CT molecular complexity index is 2000. The first-order valence-corrected chi connectivity index (χ1v) is 27.9. The smallest absolute Gasteiger partial charge is 0.462 e. The fourth-order valence-electron chi connectivity index (χ4n) is 7.97. The van der Waals surface area contributed by atoms with Crippen LogP contribution in [-0.4, -0.2) is 119 Å². The maximum Gasteiger partial charge on any atom is 0.481 e. The number of ether oxygens (including phenoxy) is 3. The molecule has 1 aromatic rings. The number of fused-ring (bicyclic) bond motifs is 3. The van der Waals surface area contributed by atoms with E-state index in [2.05, 4.69) is 40.5 Å². The highest BCUT2D eigenvalue weighted by Crippen LogP contribution is 2.60. The van der Waals surface area contributed by atoms with Crippen LogP contribution in [0.3, 0.4) is 0 Å². The summed E-state index contributed by atoms with van der Waals surface area (Å²) in [4.78, 5) is 64.0. The highest BCUT2D eigenvalue weighted by Gasteiger charge is 2.45. The number of phosphoric acid groups is 2. The minimum atomic E-state index is -5.69. The van der Waals surface area contributed by atoms with E-state index < -0.39 is 127 Å². The Balaban J connectivity index is 1.80. The van der Waals surface area contributed by atoms with Gasteiger partial charge in [0.25, 0.3) is 0 Å². The molecule has 0 spiro atoms. The molecule has 1 aromatic heterocycles. The Morgan fingerprint density at radius 2 is 1.51 bits per heavy atom. The van der Waals surface area contributed by atoms with Crippen LogP contribution in [0.25, 0.3) is 0 Å². The number of unbranched alkanes of at least 4 members (excludes halogenated alkanes) is 11. The molecular formula is C48H79N3O18P2. The summed E-state index contributed by atoms with van der Waals surface area (Å²) in [5.74, 6) is -4.45. The third-order valence-electron chi connectivity index (χ3n) is 12.0. The zero-order chi connectivity index (χ0) is 52.2. The van der Waals surface area contributed by atoms with Crippen LogP contribution in [0.4, 0.5) is 5.82 Å². The summed E-state index contributed by atoms with van der Waals surface area (Å²) in [5.41, 5.74) is 4.73. The number of aliphatic hydroxyl groups is 5. The van der Waals surface area contributed by atoms with E-state index in [1.165, 1.54) is 56.1 Å². The van der Waals surface area contributed by atoms with E-state index in [0.29, 0.717) is 19.3 Å². The van der Waals surface area contributed by atoms with Crippen molar-refractivity contribution in [3.8, 4) is 0 Å². The minimum absolute atomic E-state index is 0.0412. The molecule has 1 saturated heterocycles. The third kappa shape index (κ3) is 24.5. The van der Waals surface area contributed by atoms with Crippen molar-refractivity contribution in [1.29, 1.82) is 0 Å². The van der Waals surface area contributed by atoms with Crippen LogP contribution in [0.15, 0.2) is 65.7 Å². The maximum absolute atomic E-state index is 13.3. The summed E-state index contributed by atoms with van der Waals surface area (Å²) in [7, 11) is -11.3. The molecule has 2 aliphatic rings. The second kappa shape index (κ2) is 33.4. The number of anilines is 1. The van der Waals surface area contributed by atoms with Gasteiger partial charge in [0.05, 0.1) is 44.1 Å². The van der Waals surface area contributed by atoms with Gasteiger partial charge in [-0.15, -0.1) is 0 Å². The van der Waals surface area contributed by atoms with Gasteiger partial charge < -0.3 is 55.3 Å². The fourth-order valence-corrected chi connectivity index (χ4v) is 10.1. The first kappa shape index (κ1) is 61.9. The normalized spacial score (nSPS) is 30.8. The highest BCUT2D eigenvalue weighted by molar-refractivity contribution is 7.61. The Hall–Kier alpha value is -3.40. The Labute approximate surface area is 417 Å². The number of phosphoric ester groups is 2. The molecule has 1 fully saturated rings. The average Bonchev–Trinajstić information content (AvgIpc) is 3.30. The lowest BCUT2D eigenvalue weighted by atomic mass is 9.82. The summed E-state index contributed by atoms with van der Waals surface area (Å²) >= 11 is 0. The molecule has 21 nitrogen and oxygen atoms in total. The average molecular weight is 1050 g/mol. The van der Waals surface area contributed by atoms with E-state index in [9.17, 15) is 58.8 Å². The van der Waals surface area contributed by atoms with E-state index in [0.717, 1.165) is 62.1 Å². The predicted molar refractivity (Wildman–Crippen MR) is 263 cm³/mol. The van der Waals surface area contributed by atoms with Crippen molar-refractivity contribution in [1.82, 2.24) is 9.55 Å². The fraction of sp³-hybridized carbons (Fsp3) is 0.708. The second-order valence-electron chi connectivity index (χ2n) is 18.0. The number of carbonyl (C=O) groups excluding carboxylic acids is 2. The van der Waals surface area contributed by atoms with Gasteiger partial charge in [-0.3, -0.25) is 23.2 Å². The van der Waals surface area contributed by atoms with Gasteiger partial charge in [0.2, 0.25) is 0 Å². The number of aromatic nitrogens is 2. The molecule has 3 heterocycles. The minimum Gasteiger partial charge on any atom is -0.462 e. The largest absolute Gasteiger partial charge is 0.481 e. The van der Waals surface area contributed by atoms with Crippen molar-refractivity contribution in [3.63, 3.8) is 0 Å². The van der Waals surface area contributed by atoms with E-state index in [1.54, 1.807) is 0 Å². The number of rotatable bonds is 23. The predicted octanol–water partition coefficient (Wildman–Crippen LogP) is 6.16. The number of hydrogen-bond acceptors (Lipinski definition) is 18. The molecule has 0 aromatic carbocycles. The summed E-state index contributed by atoms with van der Waals surface area (Å²) in [6.45, 7) is 1.39. The number of nitrogens with two attached hydrogens (primary N) is 1. The lowest BCUT2D eigenvalue weighted by Crippen LogP contribution is -2.52. The second-order valence-corrected chi connectivity index (χ2v) is 21.0. The molecule has 0 aliphatic carbocycles. The molecule has 3 rings (SSSR count). The number of carbonyl (C=O) groups is 2. The third-order valence-corrected chi connectivity index (χ3v) is 14.6. The van der Waals surface area contributed by atoms with Crippen molar-refractivity contribution in [2.45, 2.75) is 185 Å². The van der Waals surface area contributed by atoms with Crippen molar-refractivity contribution in [2.75, 3.05) is 25.6 Å². The van der Waals surface area contributed by atoms with Crippen molar-refractivity contribution >= 4 is 33.4 Å². The van der Waals surface area contributed by atoms with E-state index in [1.807, 2.05) is 6.92 Å². The van der Waals surface area contributed by atoms with Gasteiger partial charge in [0.15, 0.2) is 6.10 Å². The molecule has 71 heavy (non-hydrogen) atoms. The van der Waals surface area contributed by atoms with Crippen LogP contribution in [0, 0.1) is 11.8 Å². The number of hydrogen-bond donors (Lipinski definition) is 8. The van der Waals surface area contributed by atoms with Crippen LogP contribution in [0.5, 0.6) is 0 Å². The van der Waals surface area contributed by atoms with Crippen molar-refractivity contribution in [2.24, 2.45) is 11.8 Å². The summed E-state index contributed by atoms with van der Waals surface area (Å²) in [5, 5.41) is 57.2. The number of allylic oxidation sites excluding steroid dienone is 5. The standard InChI is InChI=1S/C48H79N3O18P2/c1-3-5-7-8-9-10-11-12-13-14-15-16-17-18-20-25-43(55)64-32-36-33-65-70(60,61)69-71(62,63)66-34-41-46(58)45(57)37(28-27-35(52)23-19-6-4-2)39(53)31-40(54)38(24-21-22-26-44(56)67-36)47(68-41)51-30-29-42(49)50-48(51)59/h10-13,21-22,27-30,35-41,45-47,52-54,57-58H,3-9,14-20,23-26,31-34H2,1-2H3,(H,60,61)(H,62,63)(H2,49,50,59)/b11-10-,13-12-,22-21-,28-27?/t35-,36-,37+,38-,39-,40+,41-,45+,46-,47-/m1/s1. The molecule has 23 heteroatoms. The number of nitrogen functional groups attached to an aromatic ring is 1. The zero-order valence-electron chi connectivity index (χ0n) is 41.1. The lowest BCUT2D eigenvalue weighted by molar-refractivity contribution is -0.194. The van der Waals surface area contributed by atoms with E-state index >= 15 is 0 Å². The van der Waals surface area contributed by atoms with Crippen LogP contribution in [-0.2, 0) is 46.3 Å². The van der Waals surface area contributed by atoms with Crippen LogP contribution < -0.4 is 11.4 Å². The van der Waals surface area contributed by atoms with Crippen molar-refractivity contribution < 1.29 is 81.6 Å². The Morgan fingerprint density at radius 1 is 0.873 bits per heavy atom. The van der Waals surface area contributed by atoms with Gasteiger partial charge in [0, 0.05) is 30.9 Å². The Morgan fingerprint density at radius 3 is 2.18 bits per heavy atom. The number of cyclic esters (lactones) is 1. The van der Waals surface area contributed by atoms with E-state index in [-0.39, 0.29) is 18.7 Å². The van der Waals surface area contributed by atoms with Gasteiger partial charge in [-0.1, -0.05) is 120 Å². The summed E-state index contributed by atoms with van der Waals surface area (Å²) < 4.78 is 58.5. The van der Waals surface area contributed by atoms with Crippen LogP contribution in [0.1, 0.15) is 142 Å². The number of nitrogens with zero attached hydrogens (tertiary/aromatic N) is 2. The van der Waals surface area contributed by atoms with Gasteiger partial charge in [0.1, 0.15) is 30.9 Å². The summed E-state index contributed by atoms with van der Waals surface area (Å²) in [6.07, 6.45) is 14.2. The molecule has 0 saturated carbocycles. The SMILES string of the molecule is CCCCCC/C=C\C=C/CCCCCCCC(=O)OC[C@@H]1COP(=O)(O)OP(=O)(O)OC[C@H]2O[C@@H](n3ccc(N)nc3=O)[C@H](C/C=C\CC(=O)O1)[C@@H](O)C[C@@H](O)[C@H](C=C[C@H](O)CCCCC)[C@H](O)[C@@H]2O. The van der Waals surface area contributed by atoms with Crippen molar-refractivity contribution in [3.05, 3.63) is 71.4 Å². The van der Waals surface area contributed by atoms with Gasteiger partial charge >= 0.3 is 33.3 Å². The van der Waals surface area contributed by atoms with E-state index in [4.69, 9.17) is 29.0 Å². The topological polar surface area (TPSA) is 326 Å². The summed E-state index contributed by atoms with van der Waals surface area (Å²) in [6, 6.07) is 1.22. The van der Waals surface area contributed by atoms with Gasteiger partial charge in [-0.05, 0) is 51.0 Å². The lowest BCUT2D eigenvalue weighted by Gasteiger charge is -2.40. The molecule has 0 amide bonds. The zero-order valence-corrected chi connectivity index (χ0v) is 42.9. The van der Waals surface area contributed by atoms with Crippen LogP contribution in [0.2, 0.25) is 0 Å².